The molecule has 0 aliphatic heterocycles. The van der Waals surface area contributed by atoms with Gasteiger partial charge in [-0.05, 0) is 115 Å². The van der Waals surface area contributed by atoms with Crippen LogP contribution in [-0.2, 0) is 5.41 Å². The Morgan fingerprint density at radius 3 is 1.75 bits per heavy atom. The summed E-state index contributed by atoms with van der Waals surface area (Å²) in [7, 11) is 0. The summed E-state index contributed by atoms with van der Waals surface area (Å²) in [5.74, 6) is 0. The summed E-state index contributed by atoms with van der Waals surface area (Å²) in [5.41, 5.74) is 16.9. The second kappa shape index (κ2) is 13.7. The molecule has 11 aromatic rings. The summed E-state index contributed by atoms with van der Waals surface area (Å²) in [5, 5.41) is 7.49. The van der Waals surface area contributed by atoms with Crippen LogP contribution < -0.4 is 4.90 Å². The lowest BCUT2D eigenvalue weighted by atomic mass is 9.82. The molecular weight excluding hydrogens is 737 g/mol. The van der Waals surface area contributed by atoms with Crippen molar-refractivity contribution >= 4 is 60.4 Å². The van der Waals surface area contributed by atoms with Gasteiger partial charge in [0.2, 0.25) is 0 Å². The molecule has 10 aromatic carbocycles. The maximum absolute atomic E-state index is 2.49. The van der Waals surface area contributed by atoms with E-state index in [1.54, 1.807) is 0 Å². The molecule has 61 heavy (non-hydrogen) atoms. The van der Waals surface area contributed by atoms with Crippen LogP contribution in [0.3, 0.4) is 0 Å². The molecule has 0 spiro atoms. The molecule has 0 atom stereocenters. The van der Waals surface area contributed by atoms with E-state index in [9.17, 15) is 0 Å². The van der Waals surface area contributed by atoms with Crippen molar-refractivity contribution in [2.24, 2.45) is 0 Å². The Hall–Kier alpha value is -7.68. The molecule has 0 radical (unpaired) electrons. The summed E-state index contributed by atoms with van der Waals surface area (Å²) in [6.07, 6.45) is 0. The SMILES string of the molecule is CC1(C)c2ccccc2-c2ccc(N(c3ccc(-c4ccccc4)cc3)c3ccc4c5ccccc5n(-c5ccccc5-c5cc6ccccc6c6ccccc56)c4c3)cc21. The van der Waals surface area contributed by atoms with Crippen LogP contribution in [-0.4, -0.2) is 4.57 Å². The molecule has 1 aliphatic rings. The van der Waals surface area contributed by atoms with E-state index in [4.69, 9.17) is 0 Å². The van der Waals surface area contributed by atoms with E-state index >= 15 is 0 Å². The van der Waals surface area contributed by atoms with Crippen LogP contribution in [0.5, 0.6) is 0 Å². The van der Waals surface area contributed by atoms with Crippen molar-refractivity contribution in [2.45, 2.75) is 19.3 Å². The van der Waals surface area contributed by atoms with E-state index < -0.39 is 0 Å². The Kier molecular flexibility index (Phi) is 7.92. The highest BCUT2D eigenvalue weighted by molar-refractivity contribution is 6.15. The van der Waals surface area contributed by atoms with E-state index in [1.165, 1.54) is 82.3 Å². The second-order valence-electron chi connectivity index (χ2n) is 16.9. The van der Waals surface area contributed by atoms with Gasteiger partial charge in [-0.3, -0.25) is 0 Å². The predicted octanol–water partition coefficient (Wildman–Crippen LogP) is 16.2. The van der Waals surface area contributed by atoms with Crippen LogP contribution >= 0.6 is 0 Å². The van der Waals surface area contributed by atoms with Gasteiger partial charge in [0.05, 0.1) is 16.7 Å². The Balaban J connectivity index is 1.09. The molecule has 2 nitrogen and oxygen atoms in total. The van der Waals surface area contributed by atoms with Crippen LogP contribution in [0.1, 0.15) is 25.0 Å². The topological polar surface area (TPSA) is 8.17 Å². The third kappa shape index (κ3) is 5.49. The zero-order valence-electron chi connectivity index (χ0n) is 34.2. The Morgan fingerprint density at radius 2 is 0.918 bits per heavy atom. The molecule has 0 unspecified atom stereocenters. The van der Waals surface area contributed by atoms with Crippen molar-refractivity contribution in [3.63, 3.8) is 0 Å². The fourth-order valence-electron chi connectivity index (χ4n) is 10.2. The van der Waals surface area contributed by atoms with Crippen molar-refractivity contribution in [3.8, 4) is 39.1 Å². The van der Waals surface area contributed by atoms with E-state index in [0.717, 1.165) is 28.3 Å². The van der Waals surface area contributed by atoms with Gasteiger partial charge in [0.25, 0.3) is 0 Å². The third-order valence-electron chi connectivity index (χ3n) is 13.2. The Morgan fingerprint density at radius 1 is 0.344 bits per heavy atom. The summed E-state index contributed by atoms with van der Waals surface area (Å²) >= 11 is 0. The Bertz CT molecular complexity index is 3500. The molecule has 0 bridgehead atoms. The third-order valence-corrected chi connectivity index (χ3v) is 13.2. The molecule has 0 amide bonds. The average Bonchev–Trinajstić information content (AvgIpc) is 3.77. The summed E-state index contributed by atoms with van der Waals surface area (Å²) in [4.78, 5) is 2.44. The lowest BCUT2D eigenvalue weighted by molar-refractivity contribution is 0.660. The standard InChI is InChI=1S/C59H42N2/c1-59(2)54-25-13-10-22-48(54)49-34-32-43(37-55(49)59)60(42-30-28-40(29-31-42)39-16-4-3-5-17-39)44-33-35-52-50-23-11-14-26-56(50)61(58(52)38-44)57-27-15-12-24-51(57)53-36-41-18-6-7-19-45(41)46-20-8-9-21-47(46)53/h3-38H,1-2H3. The molecule has 1 aromatic heterocycles. The van der Waals surface area contributed by atoms with Crippen LogP contribution in [0.25, 0.3) is 82.4 Å². The first-order valence-corrected chi connectivity index (χ1v) is 21.3. The second-order valence-corrected chi connectivity index (χ2v) is 16.9. The van der Waals surface area contributed by atoms with Crippen molar-refractivity contribution in [1.29, 1.82) is 0 Å². The lowest BCUT2D eigenvalue weighted by Gasteiger charge is -2.28. The number of fused-ring (bicyclic) bond motifs is 9. The first kappa shape index (κ1) is 35.3. The van der Waals surface area contributed by atoms with E-state index in [0.29, 0.717) is 0 Å². The number of aromatic nitrogens is 1. The number of para-hydroxylation sites is 2. The van der Waals surface area contributed by atoms with E-state index in [1.807, 2.05) is 0 Å². The first-order valence-electron chi connectivity index (χ1n) is 21.3. The molecular formula is C59H42N2. The summed E-state index contributed by atoms with van der Waals surface area (Å²) in [6, 6.07) is 80.5. The van der Waals surface area contributed by atoms with Gasteiger partial charge in [-0.25, -0.2) is 0 Å². The van der Waals surface area contributed by atoms with E-state index in [2.05, 4.69) is 242 Å². The van der Waals surface area contributed by atoms with Crippen molar-refractivity contribution in [2.75, 3.05) is 4.90 Å². The van der Waals surface area contributed by atoms with Crippen LogP contribution in [0.2, 0.25) is 0 Å². The fourth-order valence-corrected chi connectivity index (χ4v) is 10.2. The lowest BCUT2D eigenvalue weighted by Crippen LogP contribution is -2.16. The summed E-state index contributed by atoms with van der Waals surface area (Å²) < 4.78 is 2.49. The quantitative estimate of drug-likeness (QED) is 0.153. The van der Waals surface area contributed by atoms with Crippen molar-refractivity contribution in [1.82, 2.24) is 4.57 Å². The molecule has 0 N–H and O–H groups in total. The highest BCUT2D eigenvalue weighted by atomic mass is 15.1. The van der Waals surface area contributed by atoms with Gasteiger partial charge in [0, 0.05) is 38.8 Å². The molecule has 0 saturated carbocycles. The number of benzene rings is 10. The molecule has 1 aliphatic carbocycles. The van der Waals surface area contributed by atoms with Gasteiger partial charge in [-0.1, -0.05) is 178 Å². The van der Waals surface area contributed by atoms with Gasteiger partial charge >= 0.3 is 0 Å². The summed E-state index contributed by atoms with van der Waals surface area (Å²) in [6.45, 7) is 4.72. The molecule has 0 saturated heterocycles. The van der Waals surface area contributed by atoms with Crippen molar-refractivity contribution in [3.05, 3.63) is 230 Å². The highest BCUT2D eigenvalue weighted by Gasteiger charge is 2.36. The normalized spacial score (nSPS) is 12.9. The molecule has 12 rings (SSSR count). The number of anilines is 3. The van der Waals surface area contributed by atoms with Gasteiger partial charge in [-0.2, -0.15) is 0 Å². The maximum Gasteiger partial charge on any atom is 0.0562 e. The zero-order valence-corrected chi connectivity index (χ0v) is 34.2. The smallest absolute Gasteiger partial charge is 0.0562 e. The van der Waals surface area contributed by atoms with Gasteiger partial charge in [0.15, 0.2) is 0 Å². The number of hydrogen-bond donors (Lipinski definition) is 0. The fraction of sp³-hybridized carbons (Fsp3) is 0.0508. The van der Waals surface area contributed by atoms with E-state index in [-0.39, 0.29) is 5.41 Å². The zero-order chi connectivity index (χ0) is 40.7. The van der Waals surface area contributed by atoms with Crippen LogP contribution in [0.4, 0.5) is 17.1 Å². The minimum Gasteiger partial charge on any atom is -0.310 e. The average molecular weight is 779 g/mol. The Labute approximate surface area is 356 Å². The van der Waals surface area contributed by atoms with Gasteiger partial charge < -0.3 is 9.47 Å². The largest absolute Gasteiger partial charge is 0.310 e. The van der Waals surface area contributed by atoms with Crippen LogP contribution in [0.15, 0.2) is 218 Å². The number of rotatable bonds is 6. The molecule has 288 valence electrons. The molecule has 2 heteroatoms. The maximum atomic E-state index is 2.49. The monoisotopic (exact) mass is 778 g/mol. The highest BCUT2D eigenvalue weighted by Crippen LogP contribution is 2.51. The van der Waals surface area contributed by atoms with Crippen molar-refractivity contribution < 1.29 is 0 Å². The van der Waals surface area contributed by atoms with Crippen LogP contribution in [0, 0.1) is 0 Å². The molecule has 1 heterocycles. The van der Waals surface area contributed by atoms with Gasteiger partial charge in [0.1, 0.15) is 0 Å². The minimum absolute atomic E-state index is 0.127. The predicted molar refractivity (Wildman–Crippen MR) is 259 cm³/mol. The molecule has 0 fully saturated rings. The first-order chi connectivity index (χ1) is 30.0. The minimum atomic E-state index is -0.127. The number of hydrogen-bond acceptors (Lipinski definition) is 1. The van der Waals surface area contributed by atoms with Gasteiger partial charge in [-0.15, -0.1) is 0 Å². The number of nitrogens with zero attached hydrogens (tertiary/aromatic N) is 2.